The first-order valence-electron chi connectivity index (χ1n) is 4.59. The molecule has 2 aromatic rings. The largest absolute Gasteiger partial charge is 0.496 e. The maximum absolute atomic E-state index is 11.9. The number of ether oxygens (including phenoxy) is 1. The molecule has 8 heteroatoms. The quantitative estimate of drug-likeness (QED) is 0.889. The number of nitrogens with zero attached hydrogens (tertiary/aromatic N) is 3. The lowest BCUT2D eigenvalue weighted by atomic mass is 10.2. The number of carbonyl (C=O) groups is 1. The van der Waals surface area contributed by atoms with Crippen LogP contribution in [0.3, 0.4) is 0 Å². The second kappa shape index (κ2) is 4.91. The van der Waals surface area contributed by atoms with Gasteiger partial charge in [-0.25, -0.2) is 0 Å². The van der Waals surface area contributed by atoms with Gasteiger partial charge in [-0.05, 0) is 23.4 Å². The van der Waals surface area contributed by atoms with Crippen molar-refractivity contribution in [1.29, 1.82) is 0 Å². The van der Waals surface area contributed by atoms with E-state index in [2.05, 4.69) is 41.9 Å². The van der Waals surface area contributed by atoms with Crippen molar-refractivity contribution in [2.45, 2.75) is 0 Å². The Labute approximate surface area is 105 Å². The molecule has 0 saturated heterocycles. The van der Waals surface area contributed by atoms with E-state index in [4.69, 9.17) is 4.74 Å². The van der Waals surface area contributed by atoms with E-state index >= 15 is 0 Å². The summed E-state index contributed by atoms with van der Waals surface area (Å²) in [6.07, 6.45) is 0. The minimum Gasteiger partial charge on any atom is -0.496 e. The van der Waals surface area contributed by atoms with E-state index in [-0.39, 0.29) is 11.9 Å². The number of aromatic amines is 1. The van der Waals surface area contributed by atoms with Crippen LogP contribution in [0.25, 0.3) is 0 Å². The number of tetrazole rings is 1. The van der Waals surface area contributed by atoms with Crippen LogP contribution < -0.4 is 10.1 Å². The summed E-state index contributed by atoms with van der Waals surface area (Å²) in [5.41, 5.74) is 0.389. The molecule has 0 saturated carbocycles. The zero-order valence-corrected chi connectivity index (χ0v) is 10.4. The van der Waals surface area contributed by atoms with E-state index in [9.17, 15) is 4.79 Å². The second-order valence-corrected chi connectivity index (χ2v) is 3.95. The highest BCUT2D eigenvalue weighted by molar-refractivity contribution is 9.10. The third kappa shape index (κ3) is 2.59. The van der Waals surface area contributed by atoms with Crippen LogP contribution in [0, 0.1) is 0 Å². The van der Waals surface area contributed by atoms with Crippen molar-refractivity contribution in [1.82, 2.24) is 20.6 Å². The average molecular weight is 298 g/mol. The number of amides is 1. The minimum atomic E-state index is -0.365. The monoisotopic (exact) mass is 297 g/mol. The fourth-order valence-electron chi connectivity index (χ4n) is 1.24. The molecule has 0 aliphatic rings. The number of hydrogen-bond acceptors (Lipinski definition) is 5. The number of nitrogens with one attached hydrogen (secondary N) is 2. The summed E-state index contributed by atoms with van der Waals surface area (Å²) in [5.74, 6) is 0.205. The molecule has 2 N–H and O–H groups in total. The van der Waals surface area contributed by atoms with Gasteiger partial charge in [0.1, 0.15) is 5.75 Å². The van der Waals surface area contributed by atoms with E-state index < -0.39 is 0 Å². The molecule has 0 aliphatic heterocycles. The number of carbonyl (C=O) groups excluding carboxylic acids is 1. The Morgan fingerprint density at radius 3 is 3.00 bits per heavy atom. The van der Waals surface area contributed by atoms with E-state index in [0.29, 0.717) is 11.3 Å². The SMILES string of the molecule is COc1cc(Br)ccc1C(=O)Nc1nn[nH]n1. The highest BCUT2D eigenvalue weighted by Gasteiger charge is 2.14. The molecule has 0 radical (unpaired) electrons. The molecule has 0 bridgehead atoms. The number of hydrogen-bond donors (Lipinski definition) is 2. The summed E-state index contributed by atoms with van der Waals surface area (Å²) in [4.78, 5) is 11.9. The van der Waals surface area contributed by atoms with E-state index in [1.54, 1.807) is 18.2 Å². The lowest BCUT2D eigenvalue weighted by Gasteiger charge is -2.07. The molecule has 0 atom stereocenters. The van der Waals surface area contributed by atoms with Gasteiger partial charge in [0, 0.05) is 4.47 Å². The van der Waals surface area contributed by atoms with Crippen LogP contribution in [-0.4, -0.2) is 33.6 Å². The van der Waals surface area contributed by atoms with Gasteiger partial charge in [-0.2, -0.15) is 5.21 Å². The highest BCUT2D eigenvalue weighted by Crippen LogP contribution is 2.23. The number of aromatic nitrogens is 4. The van der Waals surface area contributed by atoms with Gasteiger partial charge in [0.05, 0.1) is 12.7 Å². The van der Waals surface area contributed by atoms with Crippen LogP contribution in [-0.2, 0) is 0 Å². The summed E-state index contributed by atoms with van der Waals surface area (Å²) in [6, 6.07) is 5.08. The topological polar surface area (TPSA) is 92.8 Å². The number of H-pyrrole nitrogens is 1. The van der Waals surface area contributed by atoms with Crippen LogP contribution in [0.1, 0.15) is 10.4 Å². The molecule has 1 heterocycles. The molecule has 1 amide bonds. The van der Waals surface area contributed by atoms with Crippen LogP contribution in [0.15, 0.2) is 22.7 Å². The highest BCUT2D eigenvalue weighted by atomic mass is 79.9. The summed E-state index contributed by atoms with van der Waals surface area (Å²) in [7, 11) is 1.49. The van der Waals surface area contributed by atoms with Gasteiger partial charge in [0.2, 0.25) is 0 Å². The molecule has 17 heavy (non-hydrogen) atoms. The normalized spacial score (nSPS) is 10.0. The van der Waals surface area contributed by atoms with E-state index in [1.165, 1.54) is 7.11 Å². The molecule has 88 valence electrons. The van der Waals surface area contributed by atoms with Crippen molar-refractivity contribution >= 4 is 27.8 Å². The first-order valence-corrected chi connectivity index (χ1v) is 5.38. The van der Waals surface area contributed by atoms with Crippen molar-refractivity contribution in [3.8, 4) is 5.75 Å². The smallest absolute Gasteiger partial charge is 0.270 e. The van der Waals surface area contributed by atoms with Crippen molar-refractivity contribution in [3.05, 3.63) is 28.2 Å². The predicted octanol–water partition coefficient (Wildman–Crippen LogP) is 1.22. The van der Waals surface area contributed by atoms with Gasteiger partial charge in [0.15, 0.2) is 0 Å². The number of anilines is 1. The lowest BCUT2D eigenvalue weighted by Crippen LogP contribution is -2.14. The first-order chi connectivity index (χ1) is 8.20. The van der Waals surface area contributed by atoms with Gasteiger partial charge in [0.25, 0.3) is 11.9 Å². The Morgan fingerprint density at radius 2 is 2.35 bits per heavy atom. The van der Waals surface area contributed by atoms with E-state index in [1.807, 2.05) is 0 Å². The lowest BCUT2D eigenvalue weighted by molar-refractivity contribution is 0.102. The van der Waals surface area contributed by atoms with Gasteiger partial charge in [-0.15, -0.1) is 5.10 Å². The van der Waals surface area contributed by atoms with Crippen LogP contribution in [0.5, 0.6) is 5.75 Å². The Morgan fingerprint density at radius 1 is 1.53 bits per heavy atom. The molecule has 2 rings (SSSR count). The first kappa shape index (κ1) is 11.5. The van der Waals surface area contributed by atoms with Gasteiger partial charge in [-0.3, -0.25) is 10.1 Å². The zero-order chi connectivity index (χ0) is 12.3. The summed E-state index contributed by atoms with van der Waals surface area (Å²) in [5, 5.41) is 15.3. The minimum absolute atomic E-state index is 0.111. The maximum Gasteiger partial charge on any atom is 0.270 e. The standard InChI is InChI=1S/C9H8BrN5O2/c1-17-7-4-5(10)2-3-6(7)8(16)11-9-12-14-15-13-9/h2-4H,1H3,(H2,11,12,13,14,15,16). The molecule has 0 aliphatic carbocycles. The predicted molar refractivity (Wildman–Crippen MR) is 62.8 cm³/mol. The zero-order valence-electron chi connectivity index (χ0n) is 8.77. The van der Waals surface area contributed by atoms with Crippen molar-refractivity contribution in [2.75, 3.05) is 12.4 Å². The molecular weight excluding hydrogens is 290 g/mol. The Bertz CT molecular complexity index is 528. The third-order valence-corrected chi connectivity index (χ3v) is 2.47. The Kier molecular flexibility index (Phi) is 3.33. The fraction of sp³-hybridized carbons (Fsp3) is 0.111. The molecule has 0 unspecified atom stereocenters. The molecular formula is C9H8BrN5O2. The van der Waals surface area contributed by atoms with Crippen LogP contribution in [0.2, 0.25) is 0 Å². The maximum atomic E-state index is 11.9. The molecule has 0 fully saturated rings. The van der Waals surface area contributed by atoms with Crippen molar-refractivity contribution in [3.63, 3.8) is 0 Å². The Balaban J connectivity index is 2.24. The number of methoxy groups -OCH3 is 1. The summed E-state index contributed by atoms with van der Waals surface area (Å²) >= 11 is 3.30. The number of halogens is 1. The molecule has 7 nitrogen and oxygen atoms in total. The van der Waals surface area contributed by atoms with E-state index in [0.717, 1.165) is 4.47 Å². The number of benzene rings is 1. The van der Waals surface area contributed by atoms with Gasteiger partial charge >= 0.3 is 0 Å². The van der Waals surface area contributed by atoms with Crippen molar-refractivity contribution in [2.24, 2.45) is 0 Å². The van der Waals surface area contributed by atoms with Crippen LogP contribution >= 0.6 is 15.9 Å². The second-order valence-electron chi connectivity index (χ2n) is 3.03. The van der Waals surface area contributed by atoms with Crippen LogP contribution in [0.4, 0.5) is 5.95 Å². The number of rotatable bonds is 3. The summed E-state index contributed by atoms with van der Waals surface area (Å²) < 4.78 is 5.94. The molecule has 1 aromatic carbocycles. The Hall–Kier alpha value is -1.96. The summed E-state index contributed by atoms with van der Waals surface area (Å²) in [6.45, 7) is 0. The molecule has 1 aromatic heterocycles. The molecule has 0 spiro atoms. The van der Waals surface area contributed by atoms with Gasteiger partial charge in [-0.1, -0.05) is 21.0 Å². The third-order valence-electron chi connectivity index (χ3n) is 1.98. The van der Waals surface area contributed by atoms with Gasteiger partial charge < -0.3 is 4.74 Å². The van der Waals surface area contributed by atoms with Crippen molar-refractivity contribution < 1.29 is 9.53 Å². The fourth-order valence-corrected chi connectivity index (χ4v) is 1.58. The average Bonchev–Trinajstić information content (AvgIpc) is 2.81.